The molecule has 0 fully saturated rings. The highest BCUT2D eigenvalue weighted by Crippen LogP contribution is 2.47. The molecule has 1 aromatic heterocycles. The van der Waals surface area contributed by atoms with Crippen LogP contribution >= 0.6 is 0 Å². The summed E-state index contributed by atoms with van der Waals surface area (Å²) in [5.41, 5.74) is 3.36. The number of phenolic OH excluding ortho intramolecular Hbond substituents is 1. The number of hydrogen-bond acceptors (Lipinski definition) is 4. The Morgan fingerprint density at radius 3 is 2.00 bits per heavy atom. The van der Waals surface area contributed by atoms with Crippen molar-refractivity contribution in [1.82, 2.24) is 0 Å². The predicted molar refractivity (Wildman–Crippen MR) is 137 cm³/mol. The highest BCUT2D eigenvalue weighted by molar-refractivity contribution is 6.26. The van der Waals surface area contributed by atoms with Gasteiger partial charge < -0.3 is 14.3 Å². The van der Waals surface area contributed by atoms with Crippen molar-refractivity contribution in [2.24, 2.45) is 0 Å². The molecule has 0 atom stereocenters. The fourth-order valence-electron chi connectivity index (χ4n) is 4.82. The molecule has 0 spiro atoms. The third kappa shape index (κ3) is 2.96. The van der Waals surface area contributed by atoms with Crippen molar-refractivity contribution in [1.29, 1.82) is 0 Å². The Morgan fingerprint density at radius 1 is 0.706 bits per heavy atom. The van der Waals surface area contributed by atoms with Gasteiger partial charge in [-0.05, 0) is 34.5 Å². The molecule has 4 heteroatoms. The number of rotatable bonds is 3. The zero-order valence-electron chi connectivity index (χ0n) is 18.4. The highest BCUT2D eigenvalue weighted by Gasteiger charge is 2.23. The number of benzene rings is 5. The molecule has 34 heavy (non-hydrogen) atoms. The van der Waals surface area contributed by atoms with Crippen LogP contribution in [0.4, 0.5) is 0 Å². The summed E-state index contributed by atoms with van der Waals surface area (Å²) in [5.74, 6) is 0.653. The van der Waals surface area contributed by atoms with Gasteiger partial charge in [0.25, 0.3) is 0 Å². The molecule has 0 unspecified atom stereocenters. The van der Waals surface area contributed by atoms with Gasteiger partial charge in [-0.15, -0.1) is 0 Å². The van der Waals surface area contributed by atoms with E-state index in [4.69, 9.17) is 9.15 Å². The van der Waals surface area contributed by atoms with Gasteiger partial charge in [-0.2, -0.15) is 0 Å². The van der Waals surface area contributed by atoms with Crippen LogP contribution in [0, 0.1) is 0 Å². The summed E-state index contributed by atoms with van der Waals surface area (Å²) in [7, 11) is 1.57. The Balaban J connectivity index is 1.93. The van der Waals surface area contributed by atoms with E-state index >= 15 is 0 Å². The van der Waals surface area contributed by atoms with Crippen molar-refractivity contribution in [3.05, 3.63) is 107 Å². The Bertz CT molecular complexity index is 1770. The van der Waals surface area contributed by atoms with E-state index in [2.05, 4.69) is 0 Å². The summed E-state index contributed by atoms with van der Waals surface area (Å²) < 4.78 is 11.4. The van der Waals surface area contributed by atoms with E-state index in [9.17, 15) is 9.90 Å². The molecule has 0 aliphatic heterocycles. The zero-order chi connectivity index (χ0) is 23.2. The quantitative estimate of drug-likeness (QED) is 0.179. The third-order valence-electron chi connectivity index (χ3n) is 6.32. The average Bonchev–Trinajstić information content (AvgIpc) is 2.88. The fraction of sp³-hybridized carbons (Fsp3) is 0.0333. The molecule has 0 saturated heterocycles. The SMILES string of the molecule is COc1ccc(-c2c3ccccc3c(-c3ccccc3)c3oc(=O)c4ccccc4c23)c(O)c1. The van der Waals surface area contributed by atoms with E-state index in [0.717, 1.165) is 38.2 Å². The van der Waals surface area contributed by atoms with Gasteiger partial charge in [0.2, 0.25) is 0 Å². The van der Waals surface area contributed by atoms with Crippen molar-refractivity contribution in [3.63, 3.8) is 0 Å². The first-order valence-corrected chi connectivity index (χ1v) is 11.0. The van der Waals surface area contributed by atoms with Crippen molar-refractivity contribution >= 4 is 32.5 Å². The van der Waals surface area contributed by atoms with E-state index < -0.39 is 0 Å². The number of fused-ring (bicyclic) bond motifs is 4. The van der Waals surface area contributed by atoms with Crippen LogP contribution in [-0.2, 0) is 0 Å². The molecule has 0 aliphatic rings. The molecule has 0 saturated carbocycles. The molecular formula is C30H20O4. The monoisotopic (exact) mass is 444 g/mol. The minimum atomic E-state index is -0.388. The van der Waals surface area contributed by atoms with Gasteiger partial charge >= 0.3 is 5.63 Å². The average molecular weight is 444 g/mol. The lowest BCUT2D eigenvalue weighted by molar-refractivity contribution is 0.408. The van der Waals surface area contributed by atoms with E-state index in [1.54, 1.807) is 19.2 Å². The lowest BCUT2D eigenvalue weighted by atomic mass is 9.86. The van der Waals surface area contributed by atoms with Gasteiger partial charge in [0, 0.05) is 33.5 Å². The first-order chi connectivity index (χ1) is 16.7. The van der Waals surface area contributed by atoms with Gasteiger partial charge in [0.05, 0.1) is 12.5 Å². The molecule has 0 aliphatic carbocycles. The molecule has 0 bridgehead atoms. The summed E-state index contributed by atoms with van der Waals surface area (Å²) in [6.07, 6.45) is 0. The second-order valence-corrected chi connectivity index (χ2v) is 8.18. The fourth-order valence-corrected chi connectivity index (χ4v) is 4.82. The Kier molecular flexibility index (Phi) is 4.59. The summed E-state index contributed by atoms with van der Waals surface area (Å²) in [5, 5.41) is 15.0. The number of methoxy groups -OCH3 is 1. The third-order valence-corrected chi connectivity index (χ3v) is 6.32. The smallest absolute Gasteiger partial charge is 0.344 e. The highest BCUT2D eigenvalue weighted by atomic mass is 16.5. The van der Waals surface area contributed by atoms with E-state index in [1.165, 1.54) is 0 Å². The lowest BCUT2D eigenvalue weighted by Crippen LogP contribution is -2.02. The summed E-state index contributed by atoms with van der Waals surface area (Å²) in [4.78, 5) is 13.1. The van der Waals surface area contributed by atoms with Crippen LogP contribution in [0.2, 0.25) is 0 Å². The maximum absolute atomic E-state index is 13.1. The molecule has 0 radical (unpaired) electrons. The molecule has 6 rings (SSSR count). The second-order valence-electron chi connectivity index (χ2n) is 8.18. The van der Waals surface area contributed by atoms with Crippen molar-refractivity contribution in [2.45, 2.75) is 0 Å². The number of aromatic hydroxyl groups is 1. The van der Waals surface area contributed by atoms with Crippen LogP contribution in [0.5, 0.6) is 11.5 Å². The predicted octanol–water partition coefficient (Wildman–Crippen LogP) is 7.15. The van der Waals surface area contributed by atoms with Crippen LogP contribution in [-0.4, -0.2) is 12.2 Å². The van der Waals surface area contributed by atoms with Crippen molar-refractivity contribution in [2.75, 3.05) is 7.11 Å². The first-order valence-electron chi connectivity index (χ1n) is 11.0. The van der Waals surface area contributed by atoms with Crippen molar-refractivity contribution < 1.29 is 14.3 Å². The Labute approximate surface area is 195 Å². The Morgan fingerprint density at radius 2 is 1.32 bits per heavy atom. The first kappa shape index (κ1) is 20.1. The van der Waals surface area contributed by atoms with E-state index in [1.807, 2.05) is 84.9 Å². The molecule has 0 amide bonds. The number of hydrogen-bond donors (Lipinski definition) is 1. The Hall–Kier alpha value is -4.57. The number of phenols is 1. The summed E-state index contributed by atoms with van der Waals surface area (Å²) in [6.45, 7) is 0. The van der Waals surface area contributed by atoms with E-state index in [-0.39, 0.29) is 11.4 Å². The van der Waals surface area contributed by atoms with Crippen LogP contribution in [0.15, 0.2) is 106 Å². The van der Waals surface area contributed by atoms with Gasteiger partial charge in [-0.1, -0.05) is 72.8 Å². The summed E-state index contributed by atoms with van der Waals surface area (Å²) >= 11 is 0. The molecule has 1 N–H and O–H groups in total. The second kappa shape index (κ2) is 7.78. The normalized spacial score (nSPS) is 11.3. The largest absolute Gasteiger partial charge is 0.507 e. The number of ether oxygens (including phenoxy) is 1. The molecule has 6 aromatic rings. The van der Waals surface area contributed by atoms with Gasteiger partial charge in [-0.25, -0.2) is 4.79 Å². The van der Waals surface area contributed by atoms with Gasteiger partial charge in [0.15, 0.2) is 0 Å². The van der Waals surface area contributed by atoms with Crippen LogP contribution in [0.3, 0.4) is 0 Å². The minimum absolute atomic E-state index is 0.0912. The maximum atomic E-state index is 13.1. The minimum Gasteiger partial charge on any atom is -0.507 e. The standard InChI is InChI=1S/C30H20O4/c1-33-19-15-16-24(25(31)17-19)27-21-12-6-5-11-20(21)26(18-9-3-2-4-10-18)29-28(27)22-13-7-8-14-23(22)30(32)34-29/h2-17,31H,1H3. The molecule has 4 nitrogen and oxygen atoms in total. The lowest BCUT2D eigenvalue weighted by Gasteiger charge is -2.18. The zero-order valence-corrected chi connectivity index (χ0v) is 18.4. The van der Waals surface area contributed by atoms with Crippen LogP contribution < -0.4 is 10.4 Å². The van der Waals surface area contributed by atoms with Gasteiger partial charge in [-0.3, -0.25) is 0 Å². The molecule has 1 heterocycles. The van der Waals surface area contributed by atoms with Crippen molar-refractivity contribution in [3.8, 4) is 33.8 Å². The van der Waals surface area contributed by atoms with Crippen LogP contribution in [0.1, 0.15) is 0 Å². The molecule has 164 valence electrons. The molecular weight excluding hydrogens is 424 g/mol. The van der Waals surface area contributed by atoms with Gasteiger partial charge in [0.1, 0.15) is 17.1 Å². The summed E-state index contributed by atoms with van der Waals surface area (Å²) in [6, 6.07) is 30.7. The van der Waals surface area contributed by atoms with Crippen LogP contribution in [0.25, 0.3) is 54.8 Å². The van der Waals surface area contributed by atoms with E-state index in [0.29, 0.717) is 22.3 Å². The molecule has 5 aromatic carbocycles. The topological polar surface area (TPSA) is 59.7 Å². The maximum Gasteiger partial charge on any atom is 0.344 e.